The first-order chi connectivity index (χ1) is 8.99. The molecule has 2 N–H and O–H groups in total. The Morgan fingerprint density at radius 2 is 2.05 bits per heavy atom. The first kappa shape index (κ1) is 13.1. The van der Waals surface area contributed by atoms with Crippen molar-refractivity contribution < 1.29 is 14.7 Å². The van der Waals surface area contributed by atoms with Crippen LogP contribution in [0.2, 0.25) is 0 Å². The van der Waals surface area contributed by atoms with Gasteiger partial charge in [0, 0.05) is 24.5 Å². The smallest absolute Gasteiger partial charge is 0.305 e. The highest BCUT2D eigenvalue weighted by atomic mass is 16.4. The second-order valence-electron chi connectivity index (χ2n) is 4.55. The average Bonchev–Trinajstić information content (AvgIpc) is 2.65. The first-order valence-corrected chi connectivity index (χ1v) is 6.05. The van der Waals surface area contributed by atoms with Crippen molar-refractivity contribution in [1.82, 2.24) is 9.88 Å². The Kier molecular flexibility index (Phi) is 3.55. The van der Waals surface area contributed by atoms with Gasteiger partial charge in [-0.05, 0) is 25.1 Å². The number of hydrogen-bond donors (Lipinski definition) is 2. The van der Waals surface area contributed by atoms with Crippen molar-refractivity contribution in [3.63, 3.8) is 0 Å². The highest BCUT2D eigenvalue weighted by Gasteiger charge is 2.13. The Hall–Kier alpha value is -2.30. The maximum atomic E-state index is 12.0. The minimum atomic E-state index is -0.923. The minimum Gasteiger partial charge on any atom is -0.481 e. The van der Waals surface area contributed by atoms with Gasteiger partial charge in [-0.15, -0.1) is 0 Å². The predicted octanol–water partition coefficient (Wildman–Crippen LogP) is 1.69. The summed E-state index contributed by atoms with van der Waals surface area (Å²) in [6.07, 6.45) is -0.0746. The average molecular weight is 260 g/mol. The second kappa shape index (κ2) is 5.14. The van der Waals surface area contributed by atoms with Crippen molar-refractivity contribution >= 4 is 22.8 Å². The van der Waals surface area contributed by atoms with Crippen LogP contribution in [0, 0.1) is 6.92 Å². The van der Waals surface area contributed by atoms with E-state index >= 15 is 0 Å². The van der Waals surface area contributed by atoms with Gasteiger partial charge in [-0.1, -0.05) is 11.6 Å². The van der Waals surface area contributed by atoms with Crippen molar-refractivity contribution in [2.45, 2.75) is 13.3 Å². The van der Waals surface area contributed by atoms with Gasteiger partial charge in [0.2, 0.25) is 0 Å². The Morgan fingerprint density at radius 1 is 1.32 bits per heavy atom. The zero-order valence-electron chi connectivity index (χ0n) is 10.9. The number of carbonyl (C=O) groups is 2. The number of nitrogens with one attached hydrogen (secondary N) is 1. The van der Waals surface area contributed by atoms with Gasteiger partial charge < -0.3 is 15.0 Å². The third-order valence-corrected chi connectivity index (χ3v) is 3.06. The Labute approximate surface area is 110 Å². The molecule has 0 unspecified atom stereocenters. The number of benzene rings is 1. The Bertz CT molecular complexity index is 643. The van der Waals surface area contributed by atoms with E-state index in [1.165, 1.54) is 0 Å². The van der Waals surface area contributed by atoms with Crippen LogP contribution < -0.4 is 5.32 Å². The summed E-state index contributed by atoms with van der Waals surface area (Å²) in [5, 5.41) is 12.2. The van der Waals surface area contributed by atoms with Gasteiger partial charge in [0.1, 0.15) is 5.69 Å². The van der Waals surface area contributed by atoms with Crippen molar-refractivity contribution in [1.29, 1.82) is 0 Å². The van der Waals surface area contributed by atoms with Gasteiger partial charge in [-0.3, -0.25) is 9.59 Å². The molecule has 0 aliphatic carbocycles. The number of rotatable bonds is 4. The molecule has 0 aliphatic heterocycles. The van der Waals surface area contributed by atoms with Gasteiger partial charge >= 0.3 is 5.97 Å². The molecule has 1 heterocycles. The number of carboxylic acids is 1. The molecule has 1 amide bonds. The number of carbonyl (C=O) groups excluding carboxylic acids is 1. The molecule has 1 aromatic carbocycles. The van der Waals surface area contributed by atoms with Crippen LogP contribution in [0.15, 0.2) is 24.3 Å². The molecular weight excluding hydrogens is 244 g/mol. The summed E-state index contributed by atoms with van der Waals surface area (Å²) < 4.78 is 1.81. The largest absolute Gasteiger partial charge is 0.481 e. The van der Waals surface area contributed by atoms with Crippen LogP contribution in [0.25, 0.3) is 10.9 Å². The lowest BCUT2D eigenvalue weighted by molar-refractivity contribution is -0.136. The maximum absolute atomic E-state index is 12.0. The van der Waals surface area contributed by atoms with Crippen LogP contribution in [0.1, 0.15) is 22.5 Å². The van der Waals surface area contributed by atoms with E-state index in [-0.39, 0.29) is 18.9 Å². The SMILES string of the molecule is Cc1ccc2c(c1)cc(C(=O)NCCC(=O)O)n2C. The van der Waals surface area contributed by atoms with Gasteiger partial charge in [0.15, 0.2) is 0 Å². The van der Waals surface area contributed by atoms with Gasteiger partial charge in [0.25, 0.3) is 5.91 Å². The summed E-state index contributed by atoms with van der Waals surface area (Å²) in [4.78, 5) is 22.4. The van der Waals surface area contributed by atoms with E-state index in [4.69, 9.17) is 5.11 Å². The third-order valence-electron chi connectivity index (χ3n) is 3.06. The number of aryl methyl sites for hydroxylation is 2. The summed E-state index contributed by atoms with van der Waals surface area (Å²) >= 11 is 0. The molecule has 0 bridgehead atoms. The number of hydrogen-bond acceptors (Lipinski definition) is 2. The normalized spacial score (nSPS) is 10.6. The maximum Gasteiger partial charge on any atom is 0.305 e. The summed E-state index contributed by atoms with van der Waals surface area (Å²) in [6, 6.07) is 7.80. The molecule has 5 nitrogen and oxygen atoms in total. The fraction of sp³-hybridized carbons (Fsp3) is 0.286. The van der Waals surface area contributed by atoms with Crippen LogP contribution >= 0.6 is 0 Å². The molecular formula is C14H16N2O3. The predicted molar refractivity (Wildman–Crippen MR) is 72.2 cm³/mol. The van der Waals surface area contributed by atoms with Gasteiger partial charge in [-0.2, -0.15) is 0 Å². The van der Waals surface area contributed by atoms with Crippen molar-refractivity contribution in [2.24, 2.45) is 7.05 Å². The van der Waals surface area contributed by atoms with E-state index < -0.39 is 5.97 Å². The quantitative estimate of drug-likeness (QED) is 0.878. The van der Waals surface area contributed by atoms with E-state index in [1.54, 1.807) is 0 Å². The number of aliphatic carboxylic acids is 1. The monoisotopic (exact) mass is 260 g/mol. The van der Waals surface area contributed by atoms with Crippen LogP contribution in [-0.2, 0) is 11.8 Å². The van der Waals surface area contributed by atoms with Gasteiger partial charge in [0.05, 0.1) is 6.42 Å². The Morgan fingerprint density at radius 3 is 2.74 bits per heavy atom. The molecule has 100 valence electrons. The molecule has 0 saturated carbocycles. The number of amides is 1. The number of carboxylic acid groups (broad SMARTS) is 1. The zero-order valence-corrected chi connectivity index (χ0v) is 10.9. The van der Waals surface area contributed by atoms with Crippen LogP contribution in [0.4, 0.5) is 0 Å². The summed E-state index contributed by atoms with van der Waals surface area (Å²) in [5.41, 5.74) is 2.65. The van der Waals surface area contributed by atoms with Crippen molar-refractivity contribution in [3.05, 3.63) is 35.5 Å². The molecule has 1 aromatic heterocycles. The fourth-order valence-corrected chi connectivity index (χ4v) is 2.06. The highest BCUT2D eigenvalue weighted by Crippen LogP contribution is 2.19. The van der Waals surface area contributed by atoms with E-state index in [0.29, 0.717) is 5.69 Å². The first-order valence-electron chi connectivity index (χ1n) is 6.05. The topological polar surface area (TPSA) is 71.3 Å². The van der Waals surface area contributed by atoms with Gasteiger partial charge in [-0.25, -0.2) is 0 Å². The number of aromatic nitrogens is 1. The van der Waals surface area contributed by atoms with Crippen LogP contribution in [0.5, 0.6) is 0 Å². The fourth-order valence-electron chi connectivity index (χ4n) is 2.06. The van der Waals surface area contributed by atoms with E-state index in [0.717, 1.165) is 16.5 Å². The molecule has 0 aliphatic rings. The molecule has 5 heteroatoms. The molecule has 0 atom stereocenters. The number of fused-ring (bicyclic) bond motifs is 1. The van der Waals surface area contributed by atoms with Crippen molar-refractivity contribution in [3.8, 4) is 0 Å². The molecule has 0 spiro atoms. The van der Waals surface area contributed by atoms with E-state index in [1.807, 2.05) is 42.8 Å². The standard InChI is InChI=1S/C14H16N2O3/c1-9-3-4-11-10(7-9)8-12(16(11)2)14(19)15-6-5-13(17)18/h3-4,7-8H,5-6H2,1-2H3,(H,15,19)(H,17,18). The molecule has 2 rings (SSSR count). The van der Waals surface area contributed by atoms with E-state index in [9.17, 15) is 9.59 Å². The third kappa shape index (κ3) is 2.76. The molecule has 19 heavy (non-hydrogen) atoms. The Balaban J connectivity index is 2.22. The van der Waals surface area contributed by atoms with Crippen LogP contribution in [-0.4, -0.2) is 28.1 Å². The molecule has 0 radical (unpaired) electrons. The summed E-state index contributed by atoms with van der Waals surface area (Å²) in [6.45, 7) is 2.13. The zero-order chi connectivity index (χ0) is 14.0. The lowest BCUT2D eigenvalue weighted by atomic mass is 10.2. The van der Waals surface area contributed by atoms with E-state index in [2.05, 4.69) is 5.32 Å². The molecule has 2 aromatic rings. The summed E-state index contributed by atoms with van der Waals surface area (Å²) in [5.74, 6) is -1.18. The summed E-state index contributed by atoms with van der Waals surface area (Å²) in [7, 11) is 1.82. The molecule has 0 saturated heterocycles. The number of nitrogens with zero attached hydrogens (tertiary/aromatic N) is 1. The second-order valence-corrected chi connectivity index (χ2v) is 4.55. The van der Waals surface area contributed by atoms with Crippen LogP contribution in [0.3, 0.4) is 0 Å². The van der Waals surface area contributed by atoms with Crippen molar-refractivity contribution in [2.75, 3.05) is 6.54 Å². The molecule has 0 fully saturated rings. The minimum absolute atomic E-state index is 0.0746. The lowest BCUT2D eigenvalue weighted by Gasteiger charge is -2.05. The lowest BCUT2D eigenvalue weighted by Crippen LogP contribution is -2.27. The highest BCUT2D eigenvalue weighted by molar-refractivity contribution is 5.98.